The van der Waals surface area contributed by atoms with Crippen LogP contribution in [0.3, 0.4) is 0 Å². The normalized spacial score (nSPS) is 21.4. The average Bonchev–Trinajstić information content (AvgIpc) is 2.82. The average molecular weight is 378 g/mol. The number of quaternary nitrogens is 1. The lowest BCUT2D eigenvalue weighted by Crippen LogP contribution is -2.53. The van der Waals surface area contributed by atoms with Gasteiger partial charge in [-0.3, -0.25) is 9.36 Å². The summed E-state index contributed by atoms with van der Waals surface area (Å²) in [4.78, 5) is 18.2. The zero-order valence-electron chi connectivity index (χ0n) is 14.4. The Balaban J connectivity index is 2.61. The number of nitrogens with two attached hydrogens (primary N) is 1. The van der Waals surface area contributed by atoms with Crippen molar-refractivity contribution in [1.82, 2.24) is 14.2 Å². The summed E-state index contributed by atoms with van der Waals surface area (Å²) in [6.45, 7) is 0.937. The molecule has 0 spiro atoms. The van der Waals surface area contributed by atoms with E-state index in [9.17, 15) is 18.3 Å². The van der Waals surface area contributed by atoms with Crippen LogP contribution in [0.1, 0.15) is 13.3 Å². The molecule has 25 heavy (non-hydrogen) atoms. The molecule has 0 amide bonds. The van der Waals surface area contributed by atoms with Crippen LogP contribution >= 0.6 is 0 Å². The summed E-state index contributed by atoms with van der Waals surface area (Å²) in [5.41, 5.74) is 5.52. The molecule has 0 fully saturated rings. The highest BCUT2D eigenvalue weighted by Gasteiger charge is 2.51. The van der Waals surface area contributed by atoms with Gasteiger partial charge in [0.2, 0.25) is 5.95 Å². The summed E-state index contributed by atoms with van der Waals surface area (Å²) < 4.78 is 30.2. The summed E-state index contributed by atoms with van der Waals surface area (Å²) in [5, 5.41) is 18.7. The van der Waals surface area contributed by atoms with Crippen molar-refractivity contribution >= 4 is 27.6 Å². The maximum absolute atomic E-state index is 12.5. The van der Waals surface area contributed by atoms with E-state index in [0.29, 0.717) is 0 Å². The van der Waals surface area contributed by atoms with Crippen molar-refractivity contribution in [3.05, 3.63) is 10.4 Å². The maximum atomic E-state index is 12.5. The van der Waals surface area contributed by atoms with E-state index in [-0.39, 0.29) is 42.8 Å². The number of fused-ring (bicyclic) bond motifs is 1. The van der Waals surface area contributed by atoms with E-state index in [1.807, 2.05) is 0 Å². The summed E-state index contributed by atoms with van der Waals surface area (Å²) in [6, 6.07) is 0. The lowest BCUT2D eigenvalue weighted by atomic mass is 10.2. The van der Waals surface area contributed by atoms with Gasteiger partial charge in [0.1, 0.15) is 6.54 Å². The van der Waals surface area contributed by atoms with E-state index in [0.717, 1.165) is 4.57 Å². The molecule has 2 rings (SSSR count). The summed E-state index contributed by atoms with van der Waals surface area (Å²) in [6.07, 6.45) is -1.01. The second kappa shape index (κ2) is 6.88. The van der Waals surface area contributed by atoms with Gasteiger partial charge in [0.25, 0.3) is 11.4 Å². The first-order valence-corrected chi connectivity index (χ1v) is 9.32. The first kappa shape index (κ1) is 19.6. The van der Waals surface area contributed by atoms with Gasteiger partial charge in [0, 0.05) is 20.5 Å². The predicted octanol–water partition coefficient (Wildman–Crippen LogP) is -1.90. The number of aliphatic hydroxyl groups excluding tert-OH is 2. The first-order valence-electron chi connectivity index (χ1n) is 7.75. The van der Waals surface area contributed by atoms with Gasteiger partial charge < -0.3 is 20.8 Å². The standard InChI is InChI=1S/C13H23N5O6S/c1-4-25(22,23)24-18(6-5-9(20)7-19)8-16(2)10-11(18)15-13(14)17(3)12(10)21/h9,19-20H,4-8H2,1-3H3,(H-,14,15,21)/p+1. The summed E-state index contributed by atoms with van der Waals surface area (Å²) >= 11 is 0. The SMILES string of the molecule is CCS(=O)(=O)O[N+]1(CCC(O)CO)CN(C)c2c1nc(N)n(C)c2=O. The van der Waals surface area contributed by atoms with Crippen molar-refractivity contribution < 1.29 is 22.9 Å². The molecule has 1 aromatic heterocycles. The highest BCUT2D eigenvalue weighted by Crippen LogP contribution is 2.38. The minimum Gasteiger partial charge on any atom is -0.394 e. The Kier molecular flexibility index (Phi) is 5.39. The third-order valence-corrected chi connectivity index (χ3v) is 5.36. The molecule has 4 N–H and O–H groups in total. The molecule has 1 aromatic rings. The van der Waals surface area contributed by atoms with E-state index in [2.05, 4.69) is 4.98 Å². The number of aliphatic hydroxyl groups is 2. The van der Waals surface area contributed by atoms with Crippen molar-refractivity contribution in [2.75, 3.05) is 43.3 Å². The van der Waals surface area contributed by atoms with Gasteiger partial charge in [-0.25, -0.2) is 0 Å². The van der Waals surface area contributed by atoms with Crippen molar-refractivity contribution in [3.8, 4) is 0 Å². The van der Waals surface area contributed by atoms with Crippen LogP contribution < -0.4 is 20.8 Å². The minimum absolute atomic E-state index is 0.00158. The molecular weight excluding hydrogens is 354 g/mol. The third-order valence-electron chi connectivity index (χ3n) is 4.14. The molecule has 2 atom stereocenters. The van der Waals surface area contributed by atoms with Crippen LogP contribution in [0.4, 0.5) is 17.5 Å². The topological polar surface area (TPSA) is 148 Å². The molecule has 142 valence electrons. The zero-order valence-corrected chi connectivity index (χ0v) is 15.2. The number of hydrogen-bond acceptors (Lipinski definition) is 9. The molecule has 12 heteroatoms. The first-order chi connectivity index (χ1) is 11.6. The van der Waals surface area contributed by atoms with Gasteiger partial charge in [-0.15, -0.1) is 0 Å². The summed E-state index contributed by atoms with van der Waals surface area (Å²) in [5.74, 6) is -0.276. The minimum atomic E-state index is -3.91. The highest BCUT2D eigenvalue weighted by atomic mass is 32.2. The quantitative estimate of drug-likeness (QED) is 0.463. The number of nitrogen functional groups attached to an aromatic ring is 1. The number of rotatable bonds is 7. The summed E-state index contributed by atoms with van der Waals surface area (Å²) in [7, 11) is -0.829. The molecule has 11 nitrogen and oxygen atoms in total. The lowest BCUT2D eigenvalue weighted by Gasteiger charge is -2.29. The molecule has 2 unspecified atom stereocenters. The molecule has 0 saturated carbocycles. The zero-order chi connectivity index (χ0) is 19.0. The van der Waals surface area contributed by atoms with Crippen molar-refractivity contribution in [1.29, 1.82) is 0 Å². The van der Waals surface area contributed by atoms with Crippen LogP contribution in [0.25, 0.3) is 0 Å². The predicted molar refractivity (Wildman–Crippen MR) is 92.1 cm³/mol. The molecular formula is C13H24N5O6S+. The van der Waals surface area contributed by atoms with Crippen LogP contribution in [0.5, 0.6) is 0 Å². The molecule has 2 heterocycles. The monoisotopic (exact) mass is 378 g/mol. The molecule has 0 aliphatic carbocycles. The second-order valence-electron chi connectivity index (χ2n) is 6.00. The molecule has 1 aliphatic rings. The Morgan fingerprint density at radius 1 is 1.44 bits per heavy atom. The Labute approximate surface area is 145 Å². The molecule has 0 aromatic carbocycles. The maximum Gasteiger partial charge on any atom is 0.314 e. The van der Waals surface area contributed by atoms with Crippen molar-refractivity contribution in [2.24, 2.45) is 7.05 Å². The number of hydrogen-bond donors (Lipinski definition) is 3. The van der Waals surface area contributed by atoms with Gasteiger partial charge in [-0.05, 0) is 6.92 Å². The molecule has 0 saturated heterocycles. The highest BCUT2D eigenvalue weighted by molar-refractivity contribution is 7.86. The van der Waals surface area contributed by atoms with Crippen LogP contribution in [0.2, 0.25) is 0 Å². The van der Waals surface area contributed by atoms with E-state index in [1.165, 1.54) is 14.0 Å². The lowest BCUT2D eigenvalue weighted by molar-refractivity contribution is -0.0474. The largest absolute Gasteiger partial charge is 0.394 e. The van der Waals surface area contributed by atoms with E-state index >= 15 is 0 Å². The van der Waals surface area contributed by atoms with Gasteiger partial charge in [-0.1, -0.05) is 8.93 Å². The number of nitrogens with zero attached hydrogens (tertiary/aromatic N) is 4. The van der Waals surface area contributed by atoms with Crippen LogP contribution in [0.15, 0.2) is 4.79 Å². The fraction of sp³-hybridized carbons (Fsp3) is 0.692. The second-order valence-corrected chi connectivity index (χ2v) is 7.85. The Morgan fingerprint density at radius 2 is 2.08 bits per heavy atom. The fourth-order valence-corrected chi connectivity index (χ4v) is 3.42. The van der Waals surface area contributed by atoms with Gasteiger partial charge in [-0.2, -0.15) is 13.4 Å². The molecule has 0 radical (unpaired) electrons. The molecule has 1 aliphatic heterocycles. The van der Waals surface area contributed by atoms with Gasteiger partial charge in [0.05, 0.1) is 18.5 Å². The van der Waals surface area contributed by atoms with Crippen LogP contribution in [-0.2, 0) is 21.4 Å². The third kappa shape index (κ3) is 3.62. The van der Waals surface area contributed by atoms with Crippen molar-refractivity contribution in [2.45, 2.75) is 19.4 Å². The number of anilines is 2. The smallest absolute Gasteiger partial charge is 0.314 e. The molecule has 0 bridgehead atoms. The number of aromatic nitrogens is 2. The Morgan fingerprint density at radius 3 is 2.64 bits per heavy atom. The van der Waals surface area contributed by atoms with E-state index in [4.69, 9.17) is 15.1 Å². The van der Waals surface area contributed by atoms with Crippen molar-refractivity contribution in [3.63, 3.8) is 0 Å². The Bertz CT molecular complexity index is 810. The fourth-order valence-electron chi connectivity index (χ4n) is 2.69. The van der Waals surface area contributed by atoms with Crippen LogP contribution in [0, 0.1) is 0 Å². The van der Waals surface area contributed by atoms with Gasteiger partial charge in [0.15, 0.2) is 12.4 Å². The van der Waals surface area contributed by atoms with E-state index in [1.54, 1.807) is 11.9 Å². The van der Waals surface area contributed by atoms with Crippen LogP contribution in [-0.4, -0.2) is 66.9 Å². The van der Waals surface area contributed by atoms with E-state index < -0.39 is 33.0 Å². The Hall–Kier alpha value is -1.73. The number of hydroxylamine groups is 2. The van der Waals surface area contributed by atoms with Gasteiger partial charge >= 0.3 is 10.1 Å².